The largest absolute Gasteiger partial charge is 0.416 e. The van der Waals surface area contributed by atoms with Gasteiger partial charge in [-0.25, -0.2) is 13.4 Å². The molecule has 2 aromatic carbocycles. The molecule has 0 saturated heterocycles. The molecule has 0 spiro atoms. The highest BCUT2D eigenvalue weighted by Crippen LogP contribution is 2.32. The molecule has 0 fully saturated rings. The number of aromatic nitrogens is 3. The maximum absolute atomic E-state index is 12.6. The molecule has 0 amide bonds. The van der Waals surface area contributed by atoms with Gasteiger partial charge >= 0.3 is 6.18 Å². The summed E-state index contributed by atoms with van der Waals surface area (Å²) < 4.78 is 66.0. The molecule has 0 aliphatic carbocycles. The third kappa shape index (κ3) is 3.88. The van der Waals surface area contributed by atoms with E-state index in [4.69, 9.17) is 0 Å². The van der Waals surface area contributed by atoms with Crippen LogP contribution >= 0.6 is 15.9 Å². The predicted octanol–water partition coefficient (Wildman–Crippen LogP) is 4.05. The second-order valence-electron chi connectivity index (χ2n) is 5.15. The third-order valence-corrected chi connectivity index (χ3v) is 5.26. The number of alkyl halides is 3. The normalized spacial score (nSPS) is 12.2. The van der Waals surface area contributed by atoms with Crippen LogP contribution in [0.2, 0.25) is 0 Å². The molecule has 2 N–H and O–H groups in total. The Morgan fingerprint density at radius 2 is 1.77 bits per heavy atom. The van der Waals surface area contributed by atoms with E-state index in [1.54, 1.807) is 12.1 Å². The minimum atomic E-state index is -4.54. The zero-order valence-corrected chi connectivity index (χ0v) is 15.2. The van der Waals surface area contributed by atoms with Crippen LogP contribution in [0.3, 0.4) is 0 Å². The van der Waals surface area contributed by atoms with Crippen molar-refractivity contribution in [3.63, 3.8) is 0 Å². The molecule has 0 saturated carbocycles. The van der Waals surface area contributed by atoms with Crippen molar-refractivity contribution in [1.82, 2.24) is 15.2 Å². The lowest BCUT2D eigenvalue weighted by molar-refractivity contribution is -0.137. The number of hydrogen-bond acceptors (Lipinski definition) is 4. The van der Waals surface area contributed by atoms with E-state index in [1.165, 1.54) is 12.4 Å². The topological polar surface area (TPSA) is 87.7 Å². The summed E-state index contributed by atoms with van der Waals surface area (Å²) in [5.74, 6) is 0.330. The van der Waals surface area contributed by atoms with E-state index in [2.05, 4.69) is 35.8 Å². The zero-order chi connectivity index (χ0) is 18.9. The Kier molecular flexibility index (Phi) is 4.76. The first kappa shape index (κ1) is 18.4. The van der Waals surface area contributed by atoms with Crippen LogP contribution in [-0.2, 0) is 16.2 Å². The number of hydrogen-bond donors (Lipinski definition) is 2. The van der Waals surface area contributed by atoms with Gasteiger partial charge < -0.3 is 0 Å². The van der Waals surface area contributed by atoms with Crippen LogP contribution < -0.4 is 4.72 Å². The quantitative estimate of drug-likeness (QED) is 0.632. The maximum atomic E-state index is 12.6. The van der Waals surface area contributed by atoms with Gasteiger partial charge in [0.1, 0.15) is 6.33 Å². The van der Waals surface area contributed by atoms with E-state index >= 15 is 0 Å². The van der Waals surface area contributed by atoms with Crippen molar-refractivity contribution >= 4 is 31.6 Å². The smallest absolute Gasteiger partial charge is 0.279 e. The van der Waals surface area contributed by atoms with Crippen LogP contribution in [0.15, 0.2) is 58.2 Å². The van der Waals surface area contributed by atoms with Crippen LogP contribution in [0.5, 0.6) is 0 Å². The SMILES string of the molecule is O=S(=O)(Nc1ccc(Br)cc1-c1ncn[nH]1)c1ccc(C(F)(F)F)cc1. The van der Waals surface area contributed by atoms with Gasteiger partial charge in [0.05, 0.1) is 16.1 Å². The fraction of sp³-hybridized carbons (Fsp3) is 0.0667. The summed E-state index contributed by atoms with van der Waals surface area (Å²) >= 11 is 3.29. The average molecular weight is 447 g/mol. The Balaban J connectivity index is 1.96. The summed E-state index contributed by atoms with van der Waals surface area (Å²) in [7, 11) is -4.10. The monoisotopic (exact) mass is 446 g/mol. The molecule has 0 aliphatic heterocycles. The van der Waals surface area contributed by atoms with Gasteiger partial charge in [0.2, 0.25) is 0 Å². The number of halogens is 4. The second-order valence-corrected chi connectivity index (χ2v) is 7.75. The number of nitrogens with one attached hydrogen (secondary N) is 2. The van der Waals surface area contributed by atoms with Gasteiger partial charge in [0, 0.05) is 10.0 Å². The van der Waals surface area contributed by atoms with Crippen molar-refractivity contribution in [3.05, 3.63) is 58.8 Å². The van der Waals surface area contributed by atoms with Gasteiger partial charge in [-0.15, -0.1) is 0 Å². The minimum absolute atomic E-state index is 0.199. The van der Waals surface area contributed by atoms with Crippen molar-refractivity contribution in [2.24, 2.45) is 0 Å². The van der Waals surface area contributed by atoms with Crippen LogP contribution in [0.1, 0.15) is 5.56 Å². The first-order valence-corrected chi connectivity index (χ1v) is 9.30. The van der Waals surface area contributed by atoms with Gasteiger partial charge in [0.25, 0.3) is 10.0 Å². The van der Waals surface area contributed by atoms with Gasteiger partial charge in [-0.1, -0.05) is 15.9 Å². The predicted molar refractivity (Wildman–Crippen MR) is 91.8 cm³/mol. The molecule has 6 nitrogen and oxygen atoms in total. The molecule has 0 atom stereocenters. The van der Waals surface area contributed by atoms with Crippen molar-refractivity contribution in [2.75, 3.05) is 4.72 Å². The lowest BCUT2D eigenvalue weighted by Crippen LogP contribution is -2.14. The minimum Gasteiger partial charge on any atom is -0.279 e. The lowest BCUT2D eigenvalue weighted by atomic mass is 10.2. The van der Waals surface area contributed by atoms with E-state index in [-0.39, 0.29) is 10.6 Å². The van der Waals surface area contributed by atoms with Gasteiger partial charge in [-0.2, -0.15) is 18.3 Å². The summed E-state index contributed by atoms with van der Waals surface area (Å²) in [5, 5.41) is 6.35. The highest BCUT2D eigenvalue weighted by Gasteiger charge is 2.30. The van der Waals surface area contributed by atoms with E-state index in [1.807, 2.05) is 0 Å². The number of aromatic amines is 1. The number of sulfonamides is 1. The molecule has 0 bridgehead atoms. The van der Waals surface area contributed by atoms with Crippen LogP contribution in [0.4, 0.5) is 18.9 Å². The molecule has 3 rings (SSSR count). The van der Waals surface area contributed by atoms with Crippen molar-refractivity contribution in [3.8, 4) is 11.4 Å². The molecule has 1 heterocycles. The Morgan fingerprint density at radius 1 is 1.08 bits per heavy atom. The Morgan fingerprint density at radius 3 is 2.35 bits per heavy atom. The molecular weight excluding hydrogens is 437 g/mol. The number of rotatable bonds is 4. The molecule has 0 radical (unpaired) electrons. The number of nitrogens with zero attached hydrogens (tertiary/aromatic N) is 2. The van der Waals surface area contributed by atoms with Gasteiger partial charge in [-0.05, 0) is 42.5 Å². The zero-order valence-electron chi connectivity index (χ0n) is 12.7. The van der Waals surface area contributed by atoms with Crippen molar-refractivity contribution < 1.29 is 21.6 Å². The molecule has 3 aromatic rings. The molecule has 0 unspecified atom stereocenters. The Hall–Kier alpha value is -2.40. The average Bonchev–Trinajstić information content (AvgIpc) is 3.10. The second kappa shape index (κ2) is 6.72. The van der Waals surface area contributed by atoms with Crippen molar-refractivity contribution in [1.29, 1.82) is 0 Å². The van der Waals surface area contributed by atoms with E-state index in [0.717, 1.165) is 12.1 Å². The first-order chi connectivity index (χ1) is 12.2. The highest BCUT2D eigenvalue weighted by molar-refractivity contribution is 9.10. The molecule has 1 aromatic heterocycles. The van der Waals surface area contributed by atoms with Crippen LogP contribution in [0.25, 0.3) is 11.4 Å². The molecular formula is C15H10BrF3N4O2S. The fourth-order valence-corrected chi connectivity index (χ4v) is 3.60. The molecule has 26 heavy (non-hydrogen) atoms. The number of H-pyrrole nitrogens is 1. The summed E-state index contributed by atoms with van der Waals surface area (Å²) in [6, 6.07) is 7.98. The van der Waals surface area contributed by atoms with Gasteiger partial charge in [0.15, 0.2) is 5.82 Å². The first-order valence-electron chi connectivity index (χ1n) is 7.02. The van der Waals surface area contributed by atoms with Gasteiger partial charge in [-0.3, -0.25) is 9.82 Å². The Labute approximate surface area is 154 Å². The summed E-state index contributed by atoms with van der Waals surface area (Å²) in [6.07, 6.45) is -3.27. The van der Waals surface area contributed by atoms with E-state index in [9.17, 15) is 21.6 Å². The summed E-state index contributed by atoms with van der Waals surface area (Å²) in [4.78, 5) is 3.69. The van der Waals surface area contributed by atoms with E-state index < -0.39 is 21.8 Å². The molecule has 136 valence electrons. The van der Waals surface area contributed by atoms with Crippen LogP contribution in [0, 0.1) is 0 Å². The lowest BCUT2D eigenvalue weighted by Gasteiger charge is -2.13. The van der Waals surface area contributed by atoms with Crippen molar-refractivity contribution in [2.45, 2.75) is 11.1 Å². The van der Waals surface area contributed by atoms with Crippen LogP contribution in [-0.4, -0.2) is 23.6 Å². The van der Waals surface area contributed by atoms with E-state index in [0.29, 0.717) is 28.0 Å². The molecule has 11 heteroatoms. The summed E-state index contributed by atoms with van der Waals surface area (Å²) in [5.41, 5.74) is -0.306. The summed E-state index contributed by atoms with van der Waals surface area (Å²) in [6.45, 7) is 0. The number of anilines is 1. The molecule has 0 aliphatic rings. The fourth-order valence-electron chi connectivity index (χ4n) is 2.16. The number of benzene rings is 2. The highest BCUT2D eigenvalue weighted by atomic mass is 79.9. The Bertz CT molecular complexity index is 1020. The standard InChI is InChI=1S/C15H10BrF3N4O2S/c16-10-3-6-13(12(7-10)14-20-8-21-22-14)23-26(24,25)11-4-1-9(2-5-11)15(17,18)19/h1-8,23H,(H,20,21,22). The maximum Gasteiger partial charge on any atom is 0.416 e. The third-order valence-electron chi connectivity index (χ3n) is 3.39.